The van der Waals surface area contributed by atoms with E-state index in [4.69, 9.17) is 14.5 Å². The third kappa shape index (κ3) is 4.81. The lowest BCUT2D eigenvalue weighted by atomic mass is 9.93. The molecule has 4 rings (SSSR count). The number of carbonyl (C=O) groups is 1. The van der Waals surface area contributed by atoms with Gasteiger partial charge in [0.05, 0.1) is 30.1 Å². The van der Waals surface area contributed by atoms with Crippen molar-refractivity contribution in [3.63, 3.8) is 0 Å². The van der Waals surface area contributed by atoms with E-state index in [9.17, 15) is 13.2 Å². The Morgan fingerprint density at radius 1 is 1.08 bits per heavy atom. The number of ether oxygens (including phenoxy) is 2. The Morgan fingerprint density at radius 3 is 2.36 bits per heavy atom. The largest absolute Gasteiger partial charge is 0.493 e. The summed E-state index contributed by atoms with van der Waals surface area (Å²) in [6.45, 7) is 10.3. The van der Waals surface area contributed by atoms with Gasteiger partial charge in [-0.2, -0.15) is 0 Å². The van der Waals surface area contributed by atoms with E-state index in [0.29, 0.717) is 17.2 Å². The zero-order valence-corrected chi connectivity index (χ0v) is 22.7. The molecular weight excluding hydrogens is 478 g/mol. The van der Waals surface area contributed by atoms with Crippen LogP contribution in [0.4, 0.5) is 0 Å². The number of piperidine rings is 1. The minimum Gasteiger partial charge on any atom is -0.493 e. The van der Waals surface area contributed by atoms with Crippen LogP contribution >= 0.6 is 0 Å². The number of rotatable bonds is 6. The summed E-state index contributed by atoms with van der Waals surface area (Å²) in [6.07, 6.45) is 1.87. The van der Waals surface area contributed by atoms with Gasteiger partial charge in [0, 0.05) is 32.0 Å². The molecule has 0 spiro atoms. The number of sulfone groups is 1. The van der Waals surface area contributed by atoms with Crippen LogP contribution in [-0.4, -0.2) is 56.1 Å². The number of benzene rings is 2. The molecule has 2 heterocycles. The summed E-state index contributed by atoms with van der Waals surface area (Å²) >= 11 is 0. The van der Waals surface area contributed by atoms with E-state index >= 15 is 0 Å². The first-order valence-electron chi connectivity index (χ1n) is 12.2. The van der Waals surface area contributed by atoms with Crippen molar-refractivity contribution in [1.82, 2.24) is 14.5 Å². The number of imidazole rings is 1. The highest BCUT2D eigenvalue weighted by Gasteiger charge is 2.29. The Hall–Kier alpha value is -3.07. The van der Waals surface area contributed by atoms with Crippen LogP contribution in [0.3, 0.4) is 0 Å². The Balaban J connectivity index is 1.74. The number of carbonyl (C=O) groups excluding carboxylic acids is 1. The van der Waals surface area contributed by atoms with Crippen molar-refractivity contribution in [3.05, 3.63) is 42.2 Å². The summed E-state index contributed by atoms with van der Waals surface area (Å²) in [5.41, 5.74) is 1.32. The minimum absolute atomic E-state index is 0.0522. The molecule has 36 heavy (non-hydrogen) atoms. The van der Waals surface area contributed by atoms with Crippen LogP contribution in [0.15, 0.2) is 46.2 Å². The van der Waals surface area contributed by atoms with Gasteiger partial charge in [-0.1, -0.05) is 26.8 Å². The van der Waals surface area contributed by atoms with E-state index in [1.165, 1.54) is 20.3 Å². The molecule has 0 saturated carbocycles. The Bertz CT molecular complexity index is 1380. The van der Waals surface area contributed by atoms with Gasteiger partial charge in [0.2, 0.25) is 15.7 Å². The molecule has 0 bridgehead atoms. The van der Waals surface area contributed by atoms with Gasteiger partial charge in [0.25, 0.3) is 0 Å². The maximum absolute atomic E-state index is 13.6. The zero-order valence-electron chi connectivity index (χ0n) is 21.9. The smallest absolute Gasteiger partial charge is 0.219 e. The van der Waals surface area contributed by atoms with Crippen LogP contribution in [0.5, 0.6) is 11.5 Å². The van der Waals surface area contributed by atoms with Crippen LogP contribution in [0.25, 0.3) is 11.0 Å². The van der Waals surface area contributed by atoms with Crippen molar-refractivity contribution in [2.75, 3.05) is 27.3 Å². The predicted octanol–water partition coefficient (Wildman–Crippen LogP) is 4.44. The first kappa shape index (κ1) is 26.0. The van der Waals surface area contributed by atoms with Crippen molar-refractivity contribution < 1.29 is 22.7 Å². The number of likely N-dealkylation sites (tertiary alicyclic amines) is 1. The number of methoxy groups -OCH3 is 2. The topological polar surface area (TPSA) is 90.7 Å². The van der Waals surface area contributed by atoms with Crippen LogP contribution in [0.2, 0.25) is 0 Å². The number of amides is 1. The summed E-state index contributed by atoms with van der Waals surface area (Å²) in [4.78, 5) is 18.7. The second-order valence-corrected chi connectivity index (χ2v) is 12.3. The number of nitrogens with zero attached hydrogens (tertiary/aromatic N) is 3. The van der Waals surface area contributed by atoms with Crippen LogP contribution < -0.4 is 9.47 Å². The van der Waals surface area contributed by atoms with Gasteiger partial charge >= 0.3 is 0 Å². The van der Waals surface area contributed by atoms with Gasteiger partial charge in [0.1, 0.15) is 10.7 Å². The van der Waals surface area contributed by atoms with E-state index in [-0.39, 0.29) is 26.9 Å². The fourth-order valence-electron chi connectivity index (χ4n) is 4.92. The Morgan fingerprint density at radius 2 is 1.78 bits per heavy atom. The molecule has 0 unspecified atom stereocenters. The van der Waals surface area contributed by atoms with E-state index in [1.54, 1.807) is 31.2 Å². The molecule has 1 aliphatic rings. The van der Waals surface area contributed by atoms with Crippen molar-refractivity contribution in [2.24, 2.45) is 5.92 Å². The van der Waals surface area contributed by atoms with Gasteiger partial charge < -0.3 is 18.9 Å². The molecule has 8 nitrogen and oxygen atoms in total. The van der Waals surface area contributed by atoms with E-state index < -0.39 is 9.84 Å². The van der Waals surface area contributed by atoms with Gasteiger partial charge in [0.15, 0.2) is 11.5 Å². The maximum Gasteiger partial charge on any atom is 0.219 e. The quantitative estimate of drug-likeness (QED) is 0.484. The van der Waals surface area contributed by atoms with Gasteiger partial charge in [-0.05, 0) is 49.1 Å². The standard InChI is InChI=1S/C27H35N3O5S/c1-18(31)29-14-12-19(13-15-29)17-30-22-11-10-20(16-21(22)28-26(30)27(2,3)4)36(32,33)24-9-7-8-23(34-5)25(24)35-6/h7-11,16,19H,12-15,17H2,1-6H3. The highest BCUT2D eigenvalue weighted by Crippen LogP contribution is 2.38. The van der Waals surface area contributed by atoms with E-state index in [1.807, 2.05) is 11.0 Å². The molecular formula is C27H35N3O5S. The van der Waals surface area contributed by atoms with Crippen LogP contribution in [0, 0.1) is 5.92 Å². The van der Waals surface area contributed by atoms with Crippen molar-refractivity contribution in [2.45, 2.75) is 62.3 Å². The lowest BCUT2D eigenvalue weighted by Crippen LogP contribution is -2.38. The second kappa shape index (κ2) is 9.76. The molecule has 1 aliphatic heterocycles. The van der Waals surface area contributed by atoms with E-state index in [0.717, 1.165) is 43.8 Å². The molecule has 1 amide bonds. The monoisotopic (exact) mass is 513 g/mol. The molecule has 0 aliphatic carbocycles. The molecule has 2 aromatic carbocycles. The second-order valence-electron chi connectivity index (χ2n) is 10.4. The summed E-state index contributed by atoms with van der Waals surface area (Å²) in [6, 6.07) is 9.96. The molecule has 194 valence electrons. The van der Waals surface area contributed by atoms with Gasteiger partial charge in [-0.3, -0.25) is 4.79 Å². The van der Waals surface area contributed by atoms with Crippen molar-refractivity contribution in [3.8, 4) is 11.5 Å². The third-order valence-electron chi connectivity index (χ3n) is 6.86. The lowest BCUT2D eigenvalue weighted by molar-refractivity contribution is -0.130. The summed E-state index contributed by atoms with van der Waals surface area (Å²) in [5.74, 6) is 1.99. The molecule has 1 fully saturated rings. The SMILES string of the molecule is COc1cccc(S(=O)(=O)c2ccc3c(c2)nc(C(C)(C)C)n3CC2CCN(C(C)=O)CC2)c1OC. The first-order chi connectivity index (χ1) is 17.0. The third-order valence-corrected chi connectivity index (χ3v) is 8.63. The summed E-state index contributed by atoms with van der Waals surface area (Å²) in [5, 5.41) is 0. The number of hydrogen-bond acceptors (Lipinski definition) is 6. The lowest BCUT2D eigenvalue weighted by Gasteiger charge is -2.32. The number of fused-ring (bicyclic) bond motifs is 1. The molecule has 3 aromatic rings. The summed E-state index contributed by atoms with van der Waals surface area (Å²) in [7, 11) is -0.972. The minimum atomic E-state index is -3.88. The van der Waals surface area contributed by atoms with Gasteiger partial charge in [-0.15, -0.1) is 0 Å². The molecule has 0 atom stereocenters. The van der Waals surface area contributed by atoms with Gasteiger partial charge in [-0.25, -0.2) is 13.4 Å². The first-order valence-corrected chi connectivity index (χ1v) is 13.7. The number of para-hydroxylation sites is 1. The van der Waals surface area contributed by atoms with Crippen LogP contribution in [-0.2, 0) is 26.6 Å². The predicted molar refractivity (Wildman–Crippen MR) is 138 cm³/mol. The zero-order chi connectivity index (χ0) is 26.3. The fourth-order valence-corrected chi connectivity index (χ4v) is 6.37. The molecule has 1 aromatic heterocycles. The molecule has 1 saturated heterocycles. The summed E-state index contributed by atoms with van der Waals surface area (Å²) < 4.78 is 40.1. The fraction of sp³-hybridized carbons (Fsp3) is 0.481. The highest BCUT2D eigenvalue weighted by atomic mass is 32.2. The molecule has 0 radical (unpaired) electrons. The average Bonchev–Trinajstić information content (AvgIpc) is 3.22. The van der Waals surface area contributed by atoms with Crippen molar-refractivity contribution >= 4 is 26.8 Å². The van der Waals surface area contributed by atoms with Crippen LogP contribution in [0.1, 0.15) is 46.4 Å². The van der Waals surface area contributed by atoms with Crippen molar-refractivity contribution in [1.29, 1.82) is 0 Å². The normalized spacial score (nSPS) is 15.3. The van der Waals surface area contributed by atoms with E-state index in [2.05, 4.69) is 25.3 Å². The highest BCUT2D eigenvalue weighted by molar-refractivity contribution is 7.91. The number of aromatic nitrogens is 2. The number of hydrogen-bond donors (Lipinski definition) is 0. The average molecular weight is 514 g/mol. The molecule has 9 heteroatoms. The molecule has 0 N–H and O–H groups in total. The Labute approximate surface area is 213 Å². The Kier molecular flexibility index (Phi) is 7.05. The maximum atomic E-state index is 13.6.